The van der Waals surface area contributed by atoms with E-state index in [2.05, 4.69) is 11.8 Å². The van der Waals surface area contributed by atoms with Gasteiger partial charge in [-0.05, 0) is 23.9 Å². The molecule has 19 heavy (non-hydrogen) atoms. The van der Waals surface area contributed by atoms with Crippen LogP contribution in [0.15, 0.2) is 11.4 Å². The zero-order valence-electron chi connectivity index (χ0n) is 10.6. The van der Waals surface area contributed by atoms with E-state index in [0.29, 0.717) is 0 Å². The van der Waals surface area contributed by atoms with Crippen LogP contribution >= 0.6 is 11.3 Å². The first-order chi connectivity index (χ1) is 8.91. The predicted octanol–water partition coefficient (Wildman–Crippen LogP) is 0.766. The molecule has 0 spiro atoms. The topological polar surface area (TPSA) is 81.4 Å². The van der Waals surface area contributed by atoms with Crippen LogP contribution in [0, 0.1) is 23.2 Å². The lowest BCUT2D eigenvalue weighted by atomic mass is 10.3. The van der Waals surface area contributed by atoms with Gasteiger partial charge in [0.1, 0.15) is 6.61 Å². The van der Waals surface area contributed by atoms with Gasteiger partial charge in [0, 0.05) is 13.6 Å². The SMILES string of the molecule is CC(C#N)S(=O)(=O)N(C)Cc1csc(C#CCO)c1. The van der Waals surface area contributed by atoms with Gasteiger partial charge in [0.05, 0.1) is 10.9 Å². The molecule has 1 rings (SSSR count). The molecule has 1 N–H and O–H groups in total. The molecule has 102 valence electrons. The molecule has 0 fully saturated rings. The Morgan fingerprint density at radius 3 is 2.84 bits per heavy atom. The Morgan fingerprint density at radius 1 is 1.58 bits per heavy atom. The quantitative estimate of drug-likeness (QED) is 0.832. The van der Waals surface area contributed by atoms with Crippen LogP contribution in [-0.2, 0) is 16.6 Å². The first-order valence-electron chi connectivity index (χ1n) is 5.43. The number of nitriles is 1. The Labute approximate surface area is 117 Å². The van der Waals surface area contributed by atoms with Gasteiger partial charge < -0.3 is 5.11 Å². The Bertz CT molecular complexity index is 632. The van der Waals surface area contributed by atoms with Gasteiger partial charge in [-0.2, -0.15) is 9.57 Å². The van der Waals surface area contributed by atoms with Crippen LogP contribution in [0.25, 0.3) is 0 Å². The number of nitrogens with zero attached hydrogens (tertiary/aromatic N) is 2. The molecule has 0 saturated heterocycles. The molecule has 1 aromatic rings. The normalized spacial score (nSPS) is 12.6. The van der Waals surface area contributed by atoms with Crippen molar-refractivity contribution in [2.45, 2.75) is 18.7 Å². The Hall–Kier alpha value is -1.38. The number of hydrogen-bond acceptors (Lipinski definition) is 5. The molecule has 0 aliphatic rings. The second kappa shape index (κ2) is 6.69. The minimum Gasteiger partial charge on any atom is -0.384 e. The smallest absolute Gasteiger partial charge is 0.230 e. The maximum atomic E-state index is 11.9. The van der Waals surface area contributed by atoms with Crippen molar-refractivity contribution in [3.63, 3.8) is 0 Å². The van der Waals surface area contributed by atoms with Crippen molar-refractivity contribution in [1.29, 1.82) is 5.26 Å². The Balaban J connectivity index is 2.81. The fourth-order valence-electron chi connectivity index (χ4n) is 1.33. The molecule has 5 nitrogen and oxygen atoms in total. The van der Waals surface area contributed by atoms with Crippen molar-refractivity contribution >= 4 is 21.4 Å². The molecular weight excluding hydrogens is 284 g/mol. The van der Waals surface area contributed by atoms with E-state index >= 15 is 0 Å². The zero-order chi connectivity index (χ0) is 14.5. The molecule has 0 aromatic carbocycles. The van der Waals surface area contributed by atoms with Crippen molar-refractivity contribution < 1.29 is 13.5 Å². The van der Waals surface area contributed by atoms with Crippen LogP contribution in [0.1, 0.15) is 17.4 Å². The summed E-state index contributed by atoms with van der Waals surface area (Å²) in [6, 6.07) is 3.50. The molecule has 7 heteroatoms. The summed E-state index contributed by atoms with van der Waals surface area (Å²) in [7, 11) is -2.15. The molecular formula is C12H14N2O3S2. The lowest BCUT2D eigenvalue weighted by Gasteiger charge is -2.17. The highest BCUT2D eigenvalue weighted by molar-refractivity contribution is 7.89. The van der Waals surface area contributed by atoms with E-state index < -0.39 is 15.3 Å². The van der Waals surface area contributed by atoms with Crippen molar-refractivity contribution in [1.82, 2.24) is 4.31 Å². The standard InChI is InChI=1S/C12H14N2O3S2/c1-10(7-13)19(16,17)14(2)8-11-6-12(18-9-11)4-3-5-15/h6,9-10,15H,5,8H2,1-2H3. The van der Waals surface area contributed by atoms with Crippen molar-refractivity contribution in [2.24, 2.45) is 0 Å². The van der Waals surface area contributed by atoms with Crippen LogP contribution in [0.2, 0.25) is 0 Å². The first kappa shape index (κ1) is 15.7. The number of rotatable bonds is 4. The van der Waals surface area contributed by atoms with E-state index in [1.165, 1.54) is 25.3 Å². The van der Waals surface area contributed by atoms with Crippen LogP contribution in [0.3, 0.4) is 0 Å². The van der Waals surface area contributed by atoms with Gasteiger partial charge in [-0.1, -0.05) is 11.8 Å². The fraction of sp³-hybridized carbons (Fsp3) is 0.417. The third-order valence-electron chi connectivity index (χ3n) is 2.41. The van der Waals surface area contributed by atoms with E-state index in [0.717, 1.165) is 14.7 Å². The number of aliphatic hydroxyl groups is 1. The molecule has 1 unspecified atom stereocenters. The van der Waals surface area contributed by atoms with Gasteiger partial charge in [-0.25, -0.2) is 8.42 Å². The fourth-order valence-corrected chi connectivity index (χ4v) is 3.11. The molecule has 0 bridgehead atoms. The van der Waals surface area contributed by atoms with Crippen molar-refractivity contribution in [3.05, 3.63) is 21.9 Å². The van der Waals surface area contributed by atoms with Crippen LogP contribution in [0.5, 0.6) is 0 Å². The highest BCUT2D eigenvalue weighted by Gasteiger charge is 2.25. The number of aliphatic hydroxyl groups excluding tert-OH is 1. The third-order valence-corrected chi connectivity index (χ3v) is 5.30. The maximum Gasteiger partial charge on any atom is 0.230 e. The largest absolute Gasteiger partial charge is 0.384 e. The summed E-state index contributed by atoms with van der Waals surface area (Å²) in [6.45, 7) is 1.35. The zero-order valence-corrected chi connectivity index (χ0v) is 12.3. The summed E-state index contributed by atoms with van der Waals surface area (Å²) < 4.78 is 24.9. The lowest BCUT2D eigenvalue weighted by Crippen LogP contribution is -2.33. The average Bonchev–Trinajstić information content (AvgIpc) is 2.82. The summed E-state index contributed by atoms with van der Waals surface area (Å²) in [4.78, 5) is 0.767. The van der Waals surface area contributed by atoms with Crippen LogP contribution in [0.4, 0.5) is 0 Å². The average molecular weight is 298 g/mol. The van der Waals surface area contributed by atoms with Crippen LogP contribution < -0.4 is 0 Å². The summed E-state index contributed by atoms with van der Waals surface area (Å²) in [5.74, 6) is 5.29. The van der Waals surface area contributed by atoms with Gasteiger partial charge >= 0.3 is 0 Å². The van der Waals surface area contributed by atoms with E-state index in [1.807, 2.05) is 5.38 Å². The molecule has 1 atom stereocenters. The van der Waals surface area contributed by atoms with Gasteiger partial charge in [-0.15, -0.1) is 11.3 Å². The number of thiophene rings is 1. The second-order valence-electron chi connectivity index (χ2n) is 3.85. The maximum absolute atomic E-state index is 11.9. The monoisotopic (exact) mass is 298 g/mol. The minimum absolute atomic E-state index is 0.200. The Morgan fingerprint density at radius 2 is 2.26 bits per heavy atom. The molecule has 0 amide bonds. The molecule has 0 aliphatic carbocycles. The van der Waals surface area contributed by atoms with Gasteiger partial charge in [-0.3, -0.25) is 0 Å². The molecule has 0 aliphatic heterocycles. The Kier molecular flexibility index (Phi) is 5.52. The van der Waals surface area contributed by atoms with E-state index in [1.54, 1.807) is 12.1 Å². The van der Waals surface area contributed by atoms with E-state index in [4.69, 9.17) is 10.4 Å². The number of sulfonamides is 1. The minimum atomic E-state index is -3.59. The molecule has 0 radical (unpaired) electrons. The molecule has 1 aromatic heterocycles. The molecule has 1 heterocycles. The summed E-state index contributed by atoms with van der Waals surface area (Å²) >= 11 is 1.39. The van der Waals surface area contributed by atoms with Gasteiger partial charge in [0.15, 0.2) is 5.25 Å². The second-order valence-corrected chi connectivity index (χ2v) is 7.12. The van der Waals surface area contributed by atoms with Gasteiger partial charge in [0.25, 0.3) is 0 Å². The third kappa shape index (κ3) is 4.05. The predicted molar refractivity (Wildman–Crippen MR) is 73.7 cm³/mol. The van der Waals surface area contributed by atoms with Gasteiger partial charge in [0.2, 0.25) is 10.0 Å². The van der Waals surface area contributed by atoms with Crippen molar-refractivity contribution in [3.8, 4) is 17.9 Å². The van der Waals surface area contributed by atoms with Crippen molar-refractivity contribution in [2.75, 3.05) is 13.7 Å². The summed E-state index contributed by atoms with van der Waals surface area (Å²) in [5, 5.41) is 18.0. The highest BCUT2D eigenvalue weighted by Crippen LogP contribution is 2.17. The first-order valence-corrected chi connectivity index (χ1v) is 7.82. The van der Waals surface area contributed by atoms with Crippen LogP contribution in [-0.4, -0.2) is 36.7 Å². The lowest BCUT2D eigenvalue weighted by molar-refractivity contribution is 0.350. The summed E-state index contributed by atoms with van der Waals surface area (Å²) in [6.07, 6.45) is 0. The van der Waals surface area contributed by atoms with E-state index in [9.17, 15) is 8.42 Å². The summed E-state index contributed by atoms with van der Waals surface area (Å²) in [5.41, 5.74) is 0.809. The molecule has 0 saturated carbocycles. The number of hydrogen-bond donors (Lipinski definition) is 1. The highest BCUT2D eigenvalue weighted by atomic mass is 32.2. The van der Waals surface area contributed by atoms with E-state index in [-0.39, 0.29) is 13.2 Å².